The maximum absolute atomic E-state index is 13.4. The summed E-state index contributed by atoms with van der Waals surface area (Å²) in [6.07, 6.45) is -0.943. The summed E-state index contributed by atoms with van der Waals surface area (Å²) >= 11 is 0. The molecule has 0 N–H and O–H groups in total. The number of rotatable bonds is 4. The van der Waals surface area contributed by atoms with Gasteiger partial charge in [0.2, 0.25) is 0 Å². The summed E-state index contributed by atoms with van der Waals surface area (Å²) in [5.41, 5.74) is 1.50. The molecule has 3 rings (SSSR count). The predicted octanol–water partition coefficient (Wildman–Crippen LogP) is 4.05. The molecule has 0 aliphatic heterocycles. The minimum absolute atomic E-state index is 0.00722. The number of nitrogens with zero attached hydrogens (tertiary/aromatic N) is 3. The first-order valence-electron chi connectivity index (χ1n) is 7.37. The van der Waals surface area contributed by atoms with Crippen LogP contribution in [0.15, 0.2) is 42.5 Å². The Morgan fingerprint density at radius 2 is 1.88 bits per heavy atom. The molecule has 0 bridgehead atoms. The molecule has 1 atom stereocenters. The van der Waals surface area contributed by atoms with Crippen molar-refractivity contribution in [1.82, 2.24) is 14.5 Å². The van der Waals surface area contributed by atoms with Crippen molar-refractivity contribution in [3.05, 3.63) is 59.7 Å². The van der Waals surface area contributed by atoms with Crippen LogP contribution in [-0.4, -0.2) is 20.5 Å². The molecule has 2 heterocycles. The van der Waals surface area contributed by atoms with Crippen LogP contribution in [0.25, 0.3) is 11.0 Å². The van der Waals surface area contributed by atoms with Crippen molar-refractivity contribution in [2.45, 2.75) is 26.5 Å². The number of aryl methyl sites for hydroxylation is 1. The number of aromatic nitrogens is 3. The van der Waals surface area contributed by atoms with E-state index < -0.39 is 18.6 Å². The quantitative estimate of drug-likeness (QED) is 0.677. The number of ether oxygens (including phenoxy) is 1. The van der Waals surface area contributed by atoms with Crippen molar-refractivity contribution in [3.8, 4) is 0 Å². The number of hydrogen-bond acceptors (Lipinski definition) is 4. The van der Waals surface area contributed by atoms with Crippen LogP contribution in [0.5, 0.6) is 0 Å². The zero-order valence-electron chi connectivity index (χ0n) is 13.1. The Hall–Kier alpha value is -2.83. The minimum atomic E-state index is -2.79. The Bertz CT molecular complexity index is 892. The van der Waals surface area contributed by atoms with E-state index in [1.807, 2.05) is 0 Å². The van der Waals surface area contributed by atoms with E-state index >= 15 is 0 Å². The molecule has 0 saturated heterocycles. The predicted molar refractivity (Wildman–Crippen MR) is 83.8 cm³/mol. The number of pyridine rings is 1. The molecule has 5 nitrogen and oxygen atoms in total. The van der Waals surface area contributed by atoms with Gasteiger partial charge in [-0.15, -0.1) is 0 Å². The number of carbonyl (C=O) groups excluding carboxylic acids is 1. The van der Waals surface area contributed by atoms with E-state index in [2.05, 4.69) is 9.97 Å². The first kappa shape index (κ1) is 16.0. The topological polar surface area (TPSA) is 57.0 Å². The third-order valence-electron chi connectivity index (χ3n) is 3.56. The van der Waals surface area contributed by atoms with Gasteiger partial charge < -0.3 is 4.74 Å². The van der Waals surface area contributed by atoms with Gasteiger partial charge in [-0.2, -0.15) is 8.78 Å². The molecule has 1 unspecified atom stereocenters. The maximum Gasteiger partial charge on any atom is 0.357 e. The van der Waals surface area contributed by atoms with Crippen molar-refractivity contribution < 1.29 is 18.3 Å². The normalized spacial score (nSPS) is 12.5. The Labute approximate surface area is 136 Å². The third-order valence-corrected chi connectivity index (χ3v) is 3.56. The molecule has 24 heavy (non-hydrogen) atoms. The zero-order valence-corrected chi connectivity index (χ0v) is 13.1. The van der Waals surface area contributed by atoms with E-state index in [0.717, 1.165) is 4.57 Å². The van der Waals surface area contributed by atoms with E-state index in [1.54, 1.807) is 43.3 Å². The number of benzene rings is 1. The van der Waals surface area contributed by atoms with Crippen molar-refractivity contribution in [2.24, 2.45) is 0 Å². The third kappa shape index (κ3) is 2.97. The molecule has 0 amide bonds. The lowest BCUT2D eigenvalue weighted by atomic mass is 10.3. The number of halogens is 2. The van der Waals surface area contributed by atoms with Crippen LogP contribution in [0.1, 0.15) is 41.6 Å². The molecule has 0 spiro atoms. The first-order valence-corrected chi connectivity index (χ1v) is 7.37. The molecular weight excluding hydrogens is 316 g/mol. The average molecular weight is 331 g/mol. The molecule has 124 valence electrons. The molecule has 7 heteroatoms. The fourth-order valence-corrected chi connectivity index (χ4v) is 2.49. The number of para-hydroxylation sites is 2. The largest absolute Gasteiger partial charge is 0.450 e. The zero-order chi connectivity index (χ0) is 17.3. The average Bonchev–Trinajstić information content (AvgIpc) is 2.94. The van der Waals surface area contributed by atoms with Crippen LogP contribution in [0, 0.1) is 6.92 Å². The Balaban J connectivity index is 1.92. The first-order chi connectivity index (χ1) is 11.5. The summed E-state index contributed by atoms with van der Waals surface area (Å²) in [5.74, 6) is -0.689. The number of alkyl halides is 2. The number of hydrogen-bond donors (Lipinski definition) is 0. The number of esters is 1. The van der Waals surface area contributed by atoms with E-state index in [0.29, 0.717) is 16.7 Å². The van der Waals surface area contributed by atoms with E-state index in [-0.39, 0.29) is 11.5 Å². The van der Waals surface area contributed by atoms with Crippen LogP contribution < -0.4 is 0 Å². The second kappa shape index (κ2) is 6.35. The van der Waals surface area contributed by atoms with Gasteiger partial charge in [0.25, 0.3) is 0 Å². The van der Waals surface area contributed by atoms with E-state index in [4.69, 9.17) is 4.74 Å². The number of imidazole rings is 1. The molecule has 0 radical (unpaired) electrons. The molecular formula is C17H15F2N3O2. The van der Waals surface area contributed by atoms with Crippen molar-refractivity contribution in [2.75, 3.05) is 0 Å². The highest BCUT2D eigenvalue weighted by atomic mass is 19.3. The summed E-state index contributed by atoms with van der Waals surface area (Å²) in [7, 11) is 0. The summed E-state index contributed by atoms with van der Waals surface area (Å²) in [6, 6.07) is 11.5. The smallest absolute Gasteiger partial charge is 0.357 e. The molecule has 0 aliphatic rings. The summed E-state index contributed by atoms with van der Waals surface area (Å²) < 4.78 is 32.9. The van der Waals surface area contributed by atoms with Crippen LogP contribution in [0.3, 0.4) is 0 Å². The fourth-order valence-electron chi connectivity index (χ4n) is 2.49. The van der Waals surface area contributed by atoms with Gasteiger partial charge in [0.15, 0.2) is 11.9 Å². The van der Waals surface area contributed by atoms with Gasteiger partial charge in [-0.1, -0.05) is 18.2 Å². The summed E-state index contributed by atoms with van der Waals surface area (Å²) in [4.78, 5) is 20.4. The summed E-state index contributed by atoms with van der Waals surface area (Å²) in [6.45, 7) is 0.468. The van der Waals surface area contributed by atoms with Gasteiger partial charge in [0.1, 0.15) is 5.69 Å². The number of carbonyl (C=O) groups is 1. The van der Waals surface area contributed by atoms with Crippen molar-refractivity contribution >= 4 is 17.0 Å². The molecule has 0 fully saturated rings. The highest BCUT2D eigenvalue weighted by Gasteiger charge is 2.25. The van der Waals surface area contributed by atoms with E-state index in [1.165, 1.54) is 13.0 Å². The van der Waals surface area contributed by atoms with Crippen LogP contribution in [0.2, 0.25) is 0 Å². The van der Waals surface area contributed by atoms with Gasteiger partial charge >= 0.3 is 12.5 Å². The van der Waals surface area contributed by atoms with Gasteiger partial charge in [-0.05, 0) is 38.1 Å². The summed E-state index contributed by atoms with van der Waals surface area (Å²) in [5, 5.41) is 0. The Morgan fingerprint density at radius 1 is 1.12 bits per heavy atom. The maximum atomic E-state index is 13.4. The monoisotopic (exact) mass is 331 g/mol. The van der Waals surface area contributed by atoms with Gasteiger partial charge in [0, 0.05) is 5.69 Å². The van der Waals surface area contributed by atoms with Crippen LogP contribution in [-0.2, 0) is 4.74 Å². The lowest BCUT2D eigenvalue weighted by Gasteiger charge is -2.15. The fraction of sp³-hybridized carbons (Fsp3) is 0.235. The van der Waals surface area contributed by atoms with Gasteiger partial charge in [-0.25, -0.2) is 14.8 Å². The van der Waals surface area contributed by atoms with E-state index in [9.17, 15) is 13.6 Å². The Kier molecular flexibility index (Phi) is 4.24. The minimum Gasteiger partial charge on any atom is -0.450 e. The lowest BCUT2D eigenvalue weighted by Crippen LogP contribution is -2.15. The molecule has 0 aliphatic carbocycles. The highest BCUT2D eigenvalue weighted by molar-refractivity contribution is 5.87. The molecule has 3 aromatic rings. The SMILES string of the molecule is Cc1cccc(C(=O)OC(C)c2nc3ccccc3n2C(F)F)n1. The van der Waals surface area contributed by atoms with Gasteiger partial charge in [-0.3, -0.25) is 4.57 Å². The highest BCUT2D eigenvalue weighted by Crippen LogP contribution is 2.28. The van der Waals surface area contributed by atoms with Crippen LogP contribution in [0.4, 0.5) is 8.78 Å². The van der Waals surface area contributed by atoms with Crippen molar-refractivity contribution in [1.29, 1.82) is 0 Å². The number of fused-ring (bicyclic) bond motifs is 1. The van der Waals surface area contributed by atoms with Gasteiger partial charge in [0.05, 0.1) is 11.0 Å². The molecule has 1 aromatic carbocycles. The van der Waals surface area contributed by atoms with Crippen molar-refractivity contribution in [3.63, 3.8) is 0 Å². The molecule has 2 aromatic heterocycles. The molecule has 0 saturated carbocycles. The standard InChI is InChI=1S/C17H15F2N3O2/c1-10-6-5-8-13(20-10)16(23)24-11(2)15-21-12-7-3-4-9-14(12)22(15)17(18)19/h3-9,11,17H,1-2H3. The van der Waals surface area contributed by atoms with Crippen LogP contribution >= 0.6 is 0 Å². The second-order valence-corrected chi connectivity index (χ2v) is 5.32. The lowest BCUT2D eigenvalue weighted by molar-refractivity contribution is 0.0227. The second-order valence-electron chi connectivity index (χ2n) is 5.32. The Morgan fingerprint density at radius 3 is 2.58 bits per heavy atom.